The number of hydrogen-bond donors (Lipinski definition) is 12. The predicted molar refractivity (Wildman–Crippen MR) is 390 cm³/mol. The van der Waals surface area contributed by atoms with Gasteiger partial charge in [-0.2, -0.15) is 10.5 Å². The van der Waals surface area contributed by atoms with E-state index in [0.29, 0.717) is 65.4 Å². The molecule has 9 atom stereocenters. The van der Waals surface area contributed by atoms with E-state index in [1.807, 2.05) is 93.5 Å². The van der Waals surface area contributed by atoms with Crippen LogP contribution >= 0.6 is 0 Å². The summed E-state index contributed by atoms with van der Waals surface area (Å²) in [5.41, 5.74) is 21.3. The number of phenolic OH excluding ortho intramolecular Hbond substituents is 2. The lowest BCUT2D eigenvalue weighted by Gasteiger charge is -2.33. The maximum atomic E-state index is 15.8. The van der Waals surface area contributed by atoms with Crippen LogP contribution in [0, 0.1) is 36.5 Å². The van der Waals surface area contributed by atoms with Crippen LogP contribution in [-0.2, 0) is 43.2 Å². The Hall–Kier alpha value is -11.2. The number of amides is 4. The monoisotopic (exact) mass is 1380 g/mol. The van der Waals surface area contributed by atoms with Crippen LogP contribution in [0.5, 0.6) is 40.2 Å². The number of nitriles is 2. The quantitative estimate of drug-likeness (QED) is 0.0130. The molecule has 532 valence electrons. The highest BCUT2D eigenvalue weighted by atomic mass is 16.7. The van der Waals surface area contributed by atoms with Gasteiger partial charge in [-0.15, -0.1) is 6.58 Å². The van der Waals surface area contributed by atoms with E-state index in [2.05, 4.69) is 63.0 Å². The van der Waals surface area contributed by atoms with Crippen LogP contribution in [-0.4, -0.2) is 115 Å². The molecular weight excluding hydrogens is 1290 g/mol. The molecule has 8 unspecified atom stereocenters. The molecule has 0 aromatic heterocycles. The third-order valence-electron chi connectivity index (χ3n) is 17.9. The molecule has 10 rings (SSSR count). The van der Waals surface area contributed by atoms with Crippen molar-refractivity contribution in [2.24, 2.45) is 5.73 Å². The highest BCUT2D eigenvalue weighted by molar-refractivity contribution is 5.94. The van der Waals surface area contributed by atoms with Gasteiger partial charge in [-0.1, -0.05) is 73.8 Å². The molecule has 3 aliphatic heterocycles. The van der Waals surface area contributed by atoms with Crippen LogP contribution < -0.4 is 62.9 Å². The number of aliphatic hydroxyl groups excluding tert-OH is 1. The standard InChI is InChI=1S/C79H90N12O11/c1-10-57(89-69(95)36-50-14-13-45(3)66(35-50)99-61-25-21-58(92)22-26-61)34-49-15-23-60(24-16-49)100-68-40-56-38-55(73(68)83)37-51-17-18-52(33-46(51)4)72(82)48(6)88-78(97)74(90-79(98)75(56)87-47(5)44-84-7)53-19-20-54(43-81)62(39-53)71-63(76(85-11-2)77(96)86-31-12-32-91(8)9)41-59(93)42-67(71)102-70-28-27-64(94)65(101-70)29-30-80/h10-11,13-26,33,35,38-42,48,57,64-65,70,72,74-76,84-85,87,92-94H,1-2,5,12,27-29,31-32,34,36-37,44,82-83H2,3-4,6-9H3,(H,86,96)(H,88,97)(H,89,95)(H,90,98)/t48?,57?,64?,65?,70?,72?,74-,75?,76?/m1/s1. The Morgan fingerprint density at radius 3 is 2.22 bits per heavy atom. The van der Waals surface area contributed by atoms with Gasteiger partial charge < -0.3 is 87.9 Å². The van der Waals surface area contributed by atoms with E-state index in [-0.39, 0.29) is 101 Å². The summed E-state index contributed by atoms with van der Waals surface area (Å²) < 4.78 is 25.5. The smallest absolute Gasteiger partial charge is 0.248 e. The Morgan fingerprint density at radius 2 is 1.53 bits per heavy atom. The van der Waals surface area contributed by atoms with Crippen LogP contribution in [0.25, 0.3) is 11.1 Å². The second kappa shape index (κ2) is 34.7. The van der Waals surface area contributed by atoms with Crippen molar-refractivity contribution in [1.82, 2.24) is 42.1 Å². The molecular formula is C79H90N12O11. The summed E-state index contributed by atoms with van der Waals surface area (Å²) in [5.74, 6) is -0.697. The SMILES string of the molecule is C=CNC(C(=O)NCCCN(C)C)c1cc(O)cc(OC2CCC(O)C(CC#N)O2)c1-c1cc([C@H]2NC(=O)C(NC(=C)CNC)c3cc(c(N)c(Oc4ccc(CC(C=C)NC(=O)Cc5ccc(C)c(Oc6ccc(O)cc6)c5)cc4)c3)Cc3ccc(cc3C)C(N)C(C)NC2=O)ccc1C#N. The first-order valence-corrected chi connectivity index (χ1v) is 33.8. The first-order chi connectivity index (χ1) is 48.9. The summed E-state index contributed by atoms with van der Waals surface area (Å²) in [6, 6.07) is 33.9. The molecule has 3 heterocycles. The summed E-state index contributed by atoms with van der Waals surface area (Å²) in [4.78, 5) is 61.3. The summed E-state index contributed by atoms with van der Waals surface area (Å²) in [7, 11) is 5.55. The molecule has 1 saturated heterocycles. The van der Waals surface area contributed by atoms with E-state index >= 15 is 9.59 Å². The van der Waals surface area contributed by atoms with Gasteiger partial charge in [-0.3, -0.25) is 19.2 Å². The summed E-state index contributed by atoms with van der Waals surface area (Å²) in [5, 5.41) is 74.5. The number of anilines is 1. The summed E-state index contributed by atoms with van der Waals surface area (Å²) >= 11 is 0. The molecule has 1 fully saturated rings. The summed E-state index contributed by atoms with van der Waals surface area (Å²) in [6.07, 6.45) is 1.54. The van der Waals surface area contributed by atoms with Crippen molar-refractivity contribution in [3.63, 3.8) is 0 Å². The fourth-order valence-corrected chi connectivity index (χ4v) is 12.4. The molecule has 7 aromatic rings. The number of carbonyl (C=O) groups is 4. The first-order valence-electron chi connectivity index (χ1n) is 33.8. The van der Waals surface area contributed by atoms with Gasteiger partial charge in [-0.25, -0.2) is 0 Å². The molecule has 7 aromatic carbocycles. The number of nitrogen functional groups attached to an aromatic ring is 1. The maximum absolute atomic E-state index is 15.8. The first kappa shape index (κ1) is 75.0. The molecule has 23 nitrogen and oxygen atoms in total. The fourth-order valence-electron chi connectivity index (χ4n) is 12.4. The second-order valence-corrected chi connectivity index (χ2v) is 26.0. The Labute approximate surface area is 595 Å². The van der Waals surface area contributed by atoms with Crippen LogP contribution in [0.2, 0.25) is 0 Å². The Bertz CT molecular complexity index is 4300. The Kier molecular flexibility index (Phi) is 25.6. The fraction of sp³-hybridized carbons (Fsp3) is 0.316. The normalized spacial score (nSPS) is 18.8. The number of benzene rings is 7. The molecule has 4 amide bonds. The Morgan fingerprint density at radius 1 is 0.814 bits per heavy atom. The Balaban J connectivity index is 1.09. The van der Waals surface area contributed by atoms with Crippen molar-refractivity contribution >= 4 is 29.3 Å². The van der Waals surface area contributed by atoms with Gasteiger partial charge in [0, 0.05) is 54.5 Å². The minimum Gasteiger partial charge on any atom is -0.508 e. The number of carbonyl (C=O) groups excluding carboxylic acids is 4. The third kappa shape index (κ3) is 19.2. The number of hydrogen-bond acceptors (Lipinski definition) is 19. The highest BCUT2D eigenvalue weighted by Gasteiger charge is 2.36. The molecule has 0 spiro atoms. The highest BCUT2D eigenvalue weighted by Crippen LogP contribution is 2.44. The van der Waals surface area contributed by atoms with E-state index in [0.717, 1.165) is 27.8 Å². The number of ether oxygens (including phenoxy) is 4. The van der Waals surface area contributed by atoms with Gasteiger partial charge in [0.25, 0.3) is 0 Å². The molecule has 0 saturated carbocycles. The number of rotatable bonds is 27. The van der Waals surface area contributed by atoms with Crippen LogP contribution in [0.4, 0.5) is 5.69 Å². The zero-order chi connectivity index (χ0) is 73.3. The number of nitrogens with one attached hydrogen (secondary N) is 7. The van der Waals surface area contributed by atoms with E-state index in [1.165, 1.54) is 48.7 Å². The van der Waals surface area contributed by atoms with E-state index in [1.54, 1.807) is 50.4 Å². The molecule has 23 heteroatoms. The minimum absolute atomic E-state index is 0.0321. The number of aryl methyl sites for hydroxylation is 2. The third-order valence-corrected chi connectivity index (χ3v) is 17.9. The van der Waals surface area contributed by atoms with Crippen molar-refractivity contribution in [2.45, 2.75) is 120 Å². The molecule has 3 aliphatic rings. The van der Waals surface area contributed by atoms with Crippen molar-refractivity contribution in [2.75, 3.05) is 46.5 Å². The lowest BCUT2D eigenvalue weighted by molar-refractivity contribution is -0.184. The number of aromatic hydroxyl groups is 2. The number of nitrogens with two attached hydrogens (primary N) is 2. The minimum atomic E-state index is -1.56. The second-order valence-electron chi connectivity index (χ2n) is 26.0. The number of phenols is 2. The van der Waals surface area contributed by atoms with Crippen molar-refractivity contribution in [3.05, 3.63) is 226 Å². The zero-order valence-corrected chi connectivity index (χ0v) is 58.3. The number of aliphatic hydroxyl groups is 1. The van der Waals surface area contributed by atoms with Gasteiger partial charge in [0.1, 0.15) is 58.7 Å². The molecule has 4 bridgehead atoms. The van der Waals surface area contributed by atoms with Crippen molar-refractivity contribution in [1.29, 1.82) is 10.5 Å². The van der Waals surface area contributed by atoms with Crippen molar-refractivity contribution in [3.8, 4) is 63.5 Å². The van der Waals surface area contributed by atoms with Gasteiger partial charge in [-0.05, 0) is 203 Å². The van der Waals surface area contributed by atoms with E-state index < -0.39 is 72.5 Å². The van der Waals surface area contributed by atoms with Gasteiger partial charge in [0.2, 0.25) is 23.6 Å². The van der Waals surface area contributed by atoms with Gasteiger partial charge in [0.15, 0.2) is 12.0 Å². The molecule has 102 heavy (non-hydrogen) atoms. The predicted octanol–water partition coefficient (Wildman–Crippen LogP) is 9.21. The van der Waals surface area contributed by atoms with E-state index in [9.17, 15) is 35.4 Å². The topological polar surface area (TPSA) is 353 Å². The van der Waals surface area contributed by atoms with Crippen molar-refractivity contribution < 1.29 is 53.4 Å². The molecule has 0 radical (unpaired) electrons. The number of fused-ring (bicyclic) bond motifs is 9. The lowest BCUT2D eigenvalue weighted by Crippen LogP contribution is -2.49. The number of likely N-dealkylation sites (N-methyl/N-ethyl adjacent to an activating group) is 1. The lowest BCUT2D eigenvalue weighted by atomic mass is 9.88. The van der Waals surface area contributed by atoms with E-state index in [4.69, 9.17) is 30.4 Å². The zero-order valence-electron chi connectivity index (χ0n) is 58.3. The maximum Gasteiger partial charge on any atom is 0.248 e. The van der Waals surface area contributed by atoms with Gasteiger partial charge >= 0.3 is 0 Å². The van der Waals surface area contributed by atoms with Gasteiger partial charge in [0.05, 0.1) is 48.4 Å². The molecule has 0 aliphatic carbocycles. The van der Waals surface area contributed by atoms with Crippen LogP contribution in [0.15, 0.2) is 165 Å². The average Bonchev–Trinajstić information content (AvgIpc) is 0.766. The van der Waals surface area contributed by atoms with Crippen LogP contribution in [0.1, 0.15) is 118 Å². The summed E-state index contributed by atoms with van der Waals surface area (Å²) in [6.45, 7) is 18.9. The number of nitrogens with zero attached hydrogens (tertiary/aromatic N) is 3. The average molecular weight is 1380 g/mol. The van der Waals surface area contributed by atoms with Crippen LogP contribution in [0.3, 0.4) is 0 Å². The largest absolute Gasteiger partial charge is 0.508 e. The molecule has 14 N–H and O–H groups in total.